The van der Waals surface area contributed by atoms with Crippen LogP contribution in [0.15, 0.2) is 12.2 Å². The molecule has 0 aliphatic carbocycles. The molecule has 0 bridgehead atoms. The molecule has 0 rings (SSSR count). The molecule has 168 valence electrons. The first-order valence-corrected chi connectivity index (χ1v) is 12.1. The Morgan fingerprint density at radius 2 is 1.34 bits per heavy atom. The van der Waals surface area contributed by atoms with Crippen molar-refractivity contribution >= 4 is 16.1 Å². The van der Waals surface area contributed by atoms with E-state index in [0.717, 1.165) is 26.4 Å². The van der Waals surface area contributed by atoms with Crippen molar-refractivity contribution in [2.45, 2.75) is 109 Å². The third kappa shape index (κ3) is 28.1. The summed E-state index contributed by atoms with van der Waals surface area (Å²) in [5.74, 6) is -0.914. The second-order valence-electron chi connectivity index (χ2n) is 7.07. The van der Waals surface area contributed by atoms with Crippen molar-refractivity contribution in [3.05, 3.63) is 12.2 Å². The summed E-state index contributed by atoms with van der Waals surface area (Å²) in [6.45, 7) is 3.60. The van der Waals surface area contributed by atoms with E-state index >= 15 is 0 Å². The summed E-state index contributed by atoms with van der Waals surface area (Å²) in [6, 6.07) is 0. The van der Waals surface area contributed by atoms with Crippen molar-refractivity contribution in [3.63, 3.8) is 0 Å². The van der Waals surface area contributed by atoms with Gasteiger partial charge in [0.2, 0.25) is 0 Å². The fraction of sp³-hybridized carbons (Fsp3) is 0.857. The maximum absolute atomic E-state index is 10.4. The summed E-state index contributed by atoms with van der Waals surface area (Å²) in [7, 11) is -2.38. The molecule has 0 saturated heterocycles. The number of nitrogens with two attached hydrogens (primary N) is 1. The van der Waals surface area contributed by atoms with Crippen molar-refractivity contribution in [1.82, 2.24) is 0 Å². The number of carbonyl (C=O) groups excluding carboxylic acids is 1. The van der Waals surface area contributed by atoms with Crippen LogP contribution in [0.1, 0.15) is 104 Å². The van der Waals surface area contributed by atoms with E-state index in [-0.39, 0.29) is 36.0 Å². The van der Waals surface area contributed by atoms with Crippen LogP contribution >= 0.6 is 0 Å². The molecule has 0 saturated carbocycles. The number of carboxylic acids is 1. The van der Waals surface area contributed by atoms with Gasteiger partial charge in [0.25, 0.3) is 10.1 Å². The van der Waals surface area contributed by atoms with Gasteiger partial charge in [0.15, 0.2) is 0 Å². The molecule has 2 N–H and O–H groups in total. The largest absolute Gasteiger partial charge is 1.00 e. The number of hydrogen-bond donors (Lipinski definition) is 1. The van der Waals surface area contributed by atoms with Crippen LogP contribution in [0.25, 0.3) is 0 Å². The molecule has 0 aliphatic rings. The first-order chi connectivity index (χ1) is 13.3. The SMILES string of the molecule is CCCCCCCC/C=C\CCCCCCCC(=O)[O-].COS(=O)(=O)C(C)N.[Na+]. The summed E-state index contributed by atoms with van der Waals surface area (Å²) < 4.78 is 24.8. The maximum Gasteiger partial charge on any atom is 1.00 e. The number of hydrogen-bond acceptors (Lipinski definition) is 6. The zero-order valence-corrected chi connectivity index (χ0v) is 22.0. The molecule has 1 unspecified atom stereocenters. The van der Waals surface area contributed by atoms with Gasteiger partial charge in [0.05, 0.1) is 7.11 Å². The van der Waals surface area contributed by atoms with Gasteiger partial charge in [0, 0.05) is 5.97 Å². The minimum Gasteiger partial charge on any atom is -0.550 e. The molecule has 0 aromatic heterocycles. The van der Waals surface area contributed by atoms with Crippen LogP contribution in [0.3, 0.4) is 0 Å². The van der Waals surface area contributed by atoms with Crippen molar-refractivity contribution in [3.8, 4) is 0 Å². The van der Waals surface area contributed by atoms with E-state index in [1.54, 1.807) is 0 Å². The zero-order valence-electron chi connectivity index (χ0n) is 19.2. The van der Waals surface area contributed by atoms with Crippen molar-refractivity contribution < 1.29 is 52.1 Å². The average Bonchev–Trinajstić information content (AvgIpc) is 2.65. The Morgan fingerprint density at radius 1 is 0.931 bits per heavy atom. The van der Waals surface area contributed by atoms with E-state index in [0.29, 0.717) is 0 Å². The minimum atomic E-state index is -3.46. The Hall–Kier alpha value is 0.0800. The number of carbonyl (C=O) groups is 1. The van der Waals surface area contributed by atoms with E-state index in [1.165, 1.54) is 71.1 Å². The summed E-state index contributed by atoms with van der Waals surface area (Å²) >= 11 is 0. The summed E-state index contributed by atoms with van der Waals surface area (Å²) in [6.07, 6.45) is 20.9. The summed E-state index contributed by atoms with van der Waals surface area (Å²) in [5, 5.41) is 9.28. The first kappa shape index (κ1) is 33.7. The molecule has 6 nitrogen and oxygen atoms in total. The average molecular weight is 444 g/mol. The topological polar surface area (TPSA) is 110 Å². The van der Waals surface area contributed by atoms with Gasteiger partial charge in [-0.3, -0.25) is 4.18 Å². The molecular weight excluding hydrogens is 401 g/mol. The molecule has 0 aromatic carbocycles. The normalized spacial score (nSPS) is 12.1. The molecule has 1 atom stereocenters. The van der Waals surface area contributed by atoms with E-state index in [2.05, 4.69) is 23.3 Å². The molecule has 0 spiro atoms. The van der Waals surface area contributed by atoms with Crippen LogP contribution in [0.5, 0.6) is 0 Å². The Labute approximate surface area is 201 Å². The summed E-state index contributed by atoms with van der Waals surface area (Å²) in [5.41, 5.74) is 4.97. The van der Waals surface area contributed by atoms with Gasteiger partial charge in [-0.05, 0) is 45.4 Å². The van der Waals surface area contributed by atoms with Gasteiger partial charge in [-0.25, -0.2) is 0 Å². The van der Waals surface area contributed by atoms with E-state index in [9.17, 15) is 18.3 Å². The molecule has 29 heavy (non-hydrogen) atoms. The van der Waals surface area contributed by atoms with Gasteiger partial charge < -0.3 is 15.6 Å². The quantitative estimate of drug-likeness (QED) is 0.156. The Bertz CT molecular complexity index is 481. The molecule has 8 heteroatoms. The number of allylic oxidation sites excluding steroid dienone is 2. The third-order valence-corrected chi connectivity index (χ3v) is 5.71. The molecule has 0 fully saturated rings. The summed E-state index contributed by atoms with van der Waals surface area (Å²) in [4.78, 5) is 10.2. The van der Waals surface area contributed by atoms with Gasteiger partial charge in [0.1, 0.15) is 5.37 Å². The third-order valence-electron chi connectivity index (χ3n) is 4.33. The zero-order chi connectivity index (χ0) is 21.7. The number of carboxylic acid groups (broad SMARTS) is 1. The predicted octanol–water partition coefficient (Wildman–Crippen LogP) is 1.05. The Balaban J connectivity index is -0.000000636. The molecule has 0 radical (unpaired) electrons. The van der Waals surface area contributed by atoms with Crippen LogP contribution in [-0.2, 0) is 19.1 Å². The van der Waals surface area contributed by atoms with Crippen LogP contribution in [0, 0.1) is 0 Å². The van der Waals surface area contributed by atoms with Crippen molar-refractivity contribution in [2.24, 2.45) is 5.73 Å². The van der Waals surface area contributed by atoms with Crippen LogP contribution < -0.4 is 40.4 Å². The van der Waals surface area contributed by atoms with Crippen LogP contribution in [0.4, 0.5) is 0 Å². The number of unbranched alkanes of at least 4 members (excludes halogenated alkanes) is 11. The second-order valence-corrected chi connectivity index (χ2v) is 9.13. The standard InChI is InChI=1S/C18H34O2.C3H9NO3S.Na/c1-2-3-4-5-6-7-8-9-10-11-12-13-14-15-16-17-18(19)20;1-3(4)8(5,6)7-2;/h9-10H,2-8,11-17H2,1H3,(H,19,20);3H,4H2,1-2H3;/q;;+1/p-1/b10-9-;;. The smallest absolute Gasteiger partial charge is 0.550 e. The van der Waals surface area contributed by atoms with E-state index in [1.807, 2.05) is 0 Å². The maximum atomic E-state index is 10.4. The number of rotatable bonds is 17. The molecule has 0 amide bonds. The fourth-order valence-corrected chi connectivity index (χ4v) is 2.80. The van der Waals surface area contributed by atoms with Crippen molar-refractivity contribution in [2.75, 3.05) is 7.11 Å². The fourth-order valence-electron chi connectivity index (χ4n) is 2.49. The van der Waals surface area contributed by atoms with E-state index in [4.69, 9.17) is 5.73 Å². The first-order valence-electron chi connectivity index (χ1n) is 10.7. The molecule has 0 aliphatic heterocycles. The predicted molar refractivity (Wildman–Crippen MR) is 114 cm³/mol. The van der Waals surface area contributed by atoms with Gasteiger partial charge >= 0.3 is 29.6 Å². The second kappa shape index (κ2) is 24.4. The van der Waals surface area contributed by atoms with Crippen molar-refractivity contribution in [1.29, 1.82) is 0 Å². The monoisotopic (exact) mass is 443 g/mol. The van der Waals surface area contributed by atoms with E-state index < -0.39 is 21.5 Å². The van der Waals surface area contributed by atoms with Gasteiger partial charge in [-0.2, -0.15) is 8.42 Å². The Kier molecular flexibility index (Phi) is 28.3. The van der Waals surface area contributed by atoms with Crippen LogP contribution in [-0.4, -0.2) is 26.9 Å². The van der Waals surface area contributed by atoms with Crippen LogP contribution in [0.2, 0.25) is 0 Å². The molecular formula is C21H42NNaO5S. The van der Waals surface area contributed by atoms with Gasteiger partial charge in [-0.15, -0.1) is 0 Å². The molecule has 0 aromatic rings. The number of aliphatic carboxylic acids is 1. The molecule has 0 heterocycles. The minimum absolute atomic E-state index is 0. The Morgan fingerprint density at radius 3 is 1.69 bits per heavy atom. The van der Waals surface area contributed by atoms with Gasteiger partial charge in [-0.1, -0.05) is 70.4 Å².